The van der Waals surface area contributed by atoms with E-state index in [2.05, 4.69) is 86.3 Å². The minimum absolute atomic E-state index is 0. The third-order valence-electron chi connectivity index (χ3n) is 17.8. The number of fused-ring (bicyclic) bond motifs is 6. The first-order valence-corrected chi connectivity index (χ1v) is 21.3. The van der Waals surface area contributed by atoms with E-state index in [-0.39, 0.29) is 25.5 Å². The van der Waals surface area contributed by atoms with E-state index in [4.69, 9.17) is 5.26 Å². The van der Waals surface area contributed by atoms with E-state index < -0.39 is 0 Å². The summed E-state index contributed by atoms with van der Waals surface area (Å²) in [4.78, 5) is 3.93. The number of allylic oxidation sites excluding steroid dienone is 4. The number of hydrogen-bond acceptors (Lipinski definition) is 2. The van der Waals surface area contributed by atoms with Gasteiger partial charge in [-0.3, -0.25) is 9.65 Å². The monoisotopic (exact) mass is 705 g/mol. The quantitative estimate of drug-likeness (QED) is 0.244. The maximum Gasteiger partial charge on any atom is 0.107 e. The minimum atomic E-state index is -0.178. The van der Waals surface area contributed by atoms with Gasteiger partial charge in [0.2, 0.25) is 0 Å². The first-order valence-electron chi connectivity index (χ1n) is 21.3. The Bertz CT molecular complexity index is 1430. The molecule has 51 heavy (non-hydrogen) atoms. The van der Waals surface area contributed by atoms with Gasteiger partial charge in [0.15, 0.2) is 0 Å². The van der Waals surface area contributed by atoms with Crippen molar-refractivity contribution in [1.82, 2.24) is 0 Å². The average Bonchev–Trinajstić information content (AvgIpc) is 3.62. The van der Waals surface area contributed by atoms with E-state index in [1.54, 1.807) is 36.8 Å². The SMILES string of the molecule is CC(C)C(C)C.CC1(C)C(C2=CC[C@](C)(CF)CC2)=CC[C@]2(C)[C@H]3CCC4[C@H]5CCC[C@@]56CC6CC4(C)[C@]3(C)CC[C@@H]12.OOCc1ccccc1.[HH]. The summed E-state index contributed by atoms with van der Waals surface area (Å²) in [6.07, 6.45) is 23.0. The molecule has 3 heteroatoms. The van der Waals surface area contributed by atoms with Crippen LogP contribution < -0.4 is 0 Å². The highest BCUT2D eigenvalue weighted by Gasteiger charge is 2.74. The van der Waals surface area contributed by atoms with Crippen LogP contribution in [0.5, 0.6) is 0 Å². The summed E-state index contributed by atoms with van der Waals surface area (Å²) in [5.41, 5.74) is 6.57. The first kappa shape index (κ1) is 39.2. The molecule has 1 N–H and O–H groups in total. The van der Waals surface area contributed by atoms with Crippen molar-refractivity contribution in [2.75, 3.05) is 6.67 Å². The van der Waals surface area contributed by atoms with Crippen LogP contribution in [0.4, 0.5) is 4.39 Å². The Morgan fingerprint density at radius 3 is 2.10 bits per heavy atom. The van der Waals surface area contributed by atoms with Gasteiger partial charge in [-0.1, -0.05) is 118 Å². The summed E-state index contributed by atoms with van der Waals surface area (Å²) >= 11 is 0. The Labute approximate surface area is 314 Å². The molecule has 5 saturated carbocycles. The summed E-state index contributed by atoms with van der Waals surface area (Å²) in [7, 11) is 0. The van der Waals surface area contributed by atoms with Gasteiger partial charge in [0.25, 0.3) is 0 Å². The zero-order chi connectivity index (χ0) is 37.0. The Hall–Kier alpha value is -1.45. The van der Waals surface area contributed by atoms with E-state index in [1.165, 1.54) is 38.5 Å². The van der Waals surface area contributed by atoms with Gasteiger partial charge in [-0.25, -0.2) is 4.89 Å². The molecule has 2 nitrogen and oxygen atoms in total. The molecule has 1 spiro atoms. The van der Waals surface area contributed by atoms with Crippen molar-refractivity contribution in [2.24, 2.45) is 73.9 Å². The van der Waals surface area contributed by atoms with Crippen LogP contribution >= 0.6 is 0 Å². The van der Waals surface area contributed by atoms with E-state index in [1.807, 2.05) is 30.3 Å². The highest BCUT2D eigenvalue weighted by molar-refractivity contribution is 5.41. The zero-order valence-corrected chi connectivity index (χ0v) is 34.4. The van der Waals surface area contributed by atoms with E-state index in [0.717, 1.165) is 71.7 Å². The van der Waals surface area contributed by atoms with E-state index in [9.17, 15) is 4.39 Å². The maximum atomic E-state index is 13.7. The lowest BCUT2D eigenvalue weighted by Gasteiger charge is -2.71. The topological polar surface area (TPSA) is 29.5 Å². The molecule has 8 rings (SSSR count). The lowest BCUT2D eigenvalue weighted by atomic mass is 9.33. The second-order valence-corrected chi connectivity index (χ2v) is 21.2. The molecule has 7 aliphatic carbocycles. The molecule has 288 valence electrons. The van der Waals surface area contributed by atoms with Gasteiger partial charge in [-0.2, -0.15) is 0 Å². The first-order chi connectivity index (χ1) is 24.0. The molecule has 1 aromatic carbocycles. The Balaban J connectivity index is 0.000000275. The Morgan fingerprint density at radius 1 is 0.784 bits per heavy atom. The molecule has 3 unspecified atom stereocenters. The molecule has 7 aliphatic rings. The molecule has 5 fully saturated rings. The van der Waals surface area contributed by atoms with E-state index >= 15 is 0 Å². The van der Waals surface area contributed by atoms with Crippen LogP contribution in [0.15, 0.2) is 53.6 Å². The van der Waals surface area contributed by atoms with Gasteiger partial charge in [-0.05, 0) is 168 Å². The normalized spacial score (nSPS) is 43.1. The van der Waals surface area contributed by atoms with Crippen LogP contribution in [0.2, 0.25) is 0 Å². The molecule has 0 amide bonds. The van der Waals surface area contributed by atoms with Crippen molar-refractivity contribution < 1.29 is 16.0 Å². The van der Waals surface area contributed by atoms with Crippen LogP contribution in [-0.2, 0) is 11.5 Å². The number of halogens is 1. The van der Waals surface area contributed by atoms with Gasteiger partial charge < -0.3 is 0 Å². The lowest BCUT2D eigenvalue weighted by Crippen LogP contribution is -2.64. The fourth-order valence-corrected chi connectivity index (χ4v) is 13.9. The minimum Gasteiger partial charge on any atom is -0.251 e. The molecule has 0 bridgehead atoms. The second-order valence-electron chi connectivity index (χ2n) is 21.2. The second kappa shape index (κ2) is 14.3. The molecule has 10 atom stereocenters. The Morgan fingerprint density at radius 2 is 1.49 bits per heavy atom. The van der Waals surface area contributed by atoms with Crippen molar-refractivity contribution in [1.29, 1.82) is 0 Å². The lowest BCUT2D eigenvalue weighted by molar-refractivity contribution is -0.253. The van der Waals surface area contributed by atoms with Crippen LogP contribution in [-0.4, -0.2) is 11.9 Å². The average molecular weight is 705 g/mol. The molecule has 0 heterocycles. The van der Waals surface area contributed by atoms with Crippen molar-refractivity contribution in [2.45, 2.75) is 159 Å². The predicted molar refractivity (Wildman–Crippen MR) is 214 cm³/mol. The van der Waals surface area contributed by atoms with Crippen LogP contribution in [0.1, 0.15) is 160 Å². The van der Waals surface area contributed by atoms with Gasteiger partial charge >= 0.3 is 0 Å². The van der Waals surface area contributed by atoms with Crippen molar-refractivity contribution in [3.8, 4) is 0 Å². The number of rotatable bonds is 5. The summed E-state index contributed by atoms with van der Waals surface area (Å²) < 4.78 is 13.7. The number of alkyl halides is 1. The van der Waals surface area contributed by atoms with Gasteiger partial charge in [0.1, 0.15) is 6.61 Å². The molecule has 0 saturated heterocycles. The highest BCUT2D eigenvalue weighted by atomic mass is 19.1. The van der Waals surface area contributed by atoms with Crippen molar-refractivity contribution >= 4 is 0 Å². The standard InChI is InChI=1S/C35H53F.C7H8O2.C6H14.H2/c1-30(2)25(23-11-16-31(3,22-36)17-12-23)13-18-32(4)28(30)14-19-33(5)29(32)10-9-26-27-8-7-15-35(27)21-24(35)20-34(26,33)6;8-9-6-7-4-2-1-3-5-7;1-5(2)6(3)4;/h11,13,24,26-29H,7-10,12,14-22H2,1-6H3;1-5,8H,6H2;5-6H,1-4H3;1H/t24?,26?,27-,28+,29-,31+,32+,33-,34?,35+;;;/m1.../s1. The zero-order valence-electron chi connectivity index (χ0n) is 34.4. The van der Waals surface area contributed by atoms with Gasteiger partial charge in [0.05, 0.1) is 6.67 Å². The summed E-state index contributed by atoms with van der Waals surface area (Å²) in [6, 6.07) is 9.48. The van der Waals surface area contributed by atoms with Crippen LogP contribution in [0, 0.1) is 73.9 Å². The van der Waals surface area contributed by atoms with Crippen molar-refractivity contribution in [3.05, 3.63) is 59.2 Å². The molecule has 0 aliphatic heterocycles. The molecular weight excluding hydrogens is 628 g/mol. The predicted octanol–water partition coefficient (Wildman–Crippen LogP) is 14.3. The van der Waals surface area contributed by atoms with Crippen LogP contribution in [0.3, 0.4) is 0 Å². The third-order valence-corrected chi connectivity index (χ3v) is 17.8. The molecular formula is C48H77FO2. The van der Waals surface area contributed by atoms with E-state index in [0.29, 0.717) is 16.2 Å². The molecule has 0 radical (unpaired) electrons. The summed E-state index contributed by atoms with van der Waals surface area (Å²) in [5.74, 6) is 6.47. The smallest absolute Gasteiger partial charge is 0.107 e. The maximum absolute atomic E-state index is 13.7. The highest BCUT2D eigenvalue weighted by Crippen LogP contribution is 2.82. The van der Waals surface area contributed by atoms with Crippen molar-refractivity contribution in [3.63, 3.8) is 0 Å². The summed E-state index contributed by atoms with van der Waals surface area (Å²) in [5, 5.41) is 8.02. The van der Waals surface area contributed by atoms with Gasteiger partial charge in [-0.15, -0.1) is 0 Å². The largest absolute Gasteiger partial charge is 0.251 e. The fraction of sp³-hybridized carbons (Fsp3) is 0.792. The number of benzene rings is 1. The Kier molecular flexibility index (Phi) is 11.0. The molecule has 1 aromatic rings. The number of hydrogen-bond donors (Lipinski definition) is 1. The summed E-state index contributed by atoms with van der Waals surface area (Å²) in [6.45, 7) is 24.7. The third kappa shape index (κ3) is 6.67. The fourth-order valence-electron chi connectivity index (χ4n) is 13.9. The van der Waals surface area contributed by atoms with Crippen LogP contribution in [0.25, 0.3) is 0 Å². The molecule has 0 aromatic heterocycles. The van der Waals surface area contributed by atoms with Gasteiger partial charge in [0, 0.05) is 1.43 Å².